The summed E-state index contributed by atoms with van der Waals surface area (Å²) in [6.45, 7) is 4.18. The van der Waals surface area contributed by atoms with Gasteiger partial charge in [-0.1, -0.05) is 0 Å². The number of hydrogen-bond donors (Lipinski definition) is 1. The molecule has 1 aromatic rings. The van der Waals surface area contributed by atoms with E-state index in [0.29, 0.717) is 19.5 Å². The van der Waals surface area contributed by atoms with Gasteiger partial charge in [-0.05, 0) is 31.5 Å². The lowest BCUT2D eigenvalue weighted by atomic mass is 9.92. The Bertz CT molecular complexity index is 514. The number of alkyl halides is 1. The van der Waals surface area contributed by atoms with E-state index in [-0.39, 0.29) is 11.8 Å². The Labute approximate surface area is 136 Å². The van der Waals surface area contributed by atoms with Crippen LogP contribution in [0.25, 0.3) is 0 Å². The Morgan fingerprint density at radius 3 is 3.04 bits per heavy atom. The third-order valence-corrected chi connectivity index (χ3v) is 4.71. The topological polar surface area (TPSA) is 61.4 Å². The van der Waals surface area contributed by atoms with Crippen LogP contribution < -0.4 is 10.2 Å². The zero-order valence-corrected chi connectivity index (χ0v) is 13.3. The number of rotatable bonds is 3. The zero-order chi connectivity index (χ0) is 16.1. The first-order chi connectivity index (χ1) is 11.2. The Balaban J connectivity index is 1.54. The first-order valence-electron chi connectivity index (χ1n) is 8.39. The van der Waals surface area contributed by atoms with Gasteiger partial charge in [0.15, 0.2) is 5.82 Å². The Kier molecular flexibility index (Phi) is 5.38. The van der Waals surface area contributed by atoms with Gasteiger partial charge in [0.25, 0.3) is 0 Å². The fourth-order valence-corrected chi connectivity index (χ4v) is 3.32. The largest absolute Gasteiger partial charge is 0.353 e. The minimum absolute atomic E-state index is 0.0838. The minimum Gasteiger partial charge on any atom is -0.353 e. The van der Waals surface area contributed by atoms with E-state index in [1.165, 1.54) is 0 Å². The number of piperidine rings is 1. The van der Waals surface area contributed by atoms with Crippen LogP contribution in [0.1, 0.15) is 19.3 Å². The normalized spacial score (nSPS) is 26.0. The van der Waals surface area contributed by atoms with Crippen LogP contribution in [0.15, 0.2) is 18.3 Å². The van der Waals surface area contributed by atoms with Crippen LogP contribution in [0.2, 0.25) is 0 Å². The molecule has 6 nitrogen and oxygen atoms in total. The summed E-state index contributed by atoms with van der Waals surface area (Å²) in [5.41, 5.74) is 0. The number of carbonyl (C=O) groups excluding carboxylic acids is 1. The average molecular weight is 321 g/mol. The van der Waals surface area contributed by atoms with Gasteiger partial charge in [-0.2, -0.15) is 5.10 Å². The molecule has 1 N–H and O–H groups in total. The molecule has 23 heavy (non-hydrogen) atoms. The predicted molar refractivity (Wildman–Crippen MR) is 85.9 cm³/mol. The predicted octanol–water partition coefficient (Wildman–Crippen LogP) is 0.853. The molecule has 2 aliphatic heterocycles. The van der Waals surface area contributed by atoms with Crippen molar-refractivity contribution in [2.24, 2.45) is 5.92 Å². The molecule has 126 valence electrons. The van der Waals surface area contributed by atoms with Crippen LogP contribution in [0.4, 0.5) is 10.2 Å². The highest BCUT2D eigenvalue weighted by Gasteiger charge is 2.29. The third kappa shape index (κ3) is 4.16. The lowest BCUT2D eigenvalue weighted by Gasteiger charge is -2.29. The molecule has 2 atom stereocenters. The van der Waals surface area contributed by atoms with Crippen LogP contribution in [-0.4, -0.2) is 66.4 Å². The first-order valence-corrected chi connectivity index (χ1v) is 8.39. The van der Waals surface area contributed by atoms with E-state index in [2.05, 4.69) is 20.4 Å². The number of hydrogen-bond acceptors (Lipinski definition) is 5. The number of carbonyl (C=O) groups is 1. The van der Waals surface area contributed by atoms with Crippen LogP contribution in [0, 0.1) is 5.92 Å². The van der Waals surface area contributed by atoms with Crippen LogP contribution in [0.5, 0.6) is 0 Å². The van der Waals surface area contributed by atoms with Crippen molar-refractivity contribution < 1.29 is 9.18 Å². The fourth-order valence-electron chi connectivity index (χ4n) is 3.32. The lowest BCUT2D eigenvalue weighted by molar-refractivity contribution is -0.132. The van der Waals surface area contributed by atoms with E-state index in [4.69, 9.17) is 0 Å². The molecule has 0 aliphatic carbocycles. The third-order valence-electron chi connectivity index (χ3n) is 4.71. The highest BCUT2D eigenvalue weighted by atomic mass is 19.1. The van der Waals surface area contributed by atoms with Crippen molar-refractivity contribution >= 4 is 11.7 Å². The van der Waals surface area contributed by atoms with E-state index < -0.39 is 6.17 Å². The number of nitrogens with one attached hydrogen (secondary N) is 1. The highest BCUT2D eigenvalue weighted by Crippen LogP contribution is 2.21. The maximum Gasteiger partial charge on any atom is 0.223 e. The zero-order valence-electron chi connectivity index (χ0n) is 13.3. The van der Waals surface area contributed by atoms with Gasteiger partial charge in [0.1, 0.15) is 6.17 Å². The summed E-state index contributed by atoms with van der Waals surface area (Å²) in [6.07, 6.45) is 2.72. The van der Waals surface area contributed by atoms with Gasteiger partial charge in [-0.25, -0.2) is 4.39 Å². The van der Waals surface area contributed by atoms with E-state index >= 15 is 0 Å². The number of halogens is 1. The summed E-state index contributed by atoms with van der Waals surface area (Å²) < 4.78 is 13.9. The van der Waals surface area contributed by atoms with Gasteiger partial charge in [-0.15, -0.1) is 5.10 Å². The van der Waals surface area contributed by atoms with Crippen molar-refractivity contribution in [1.29, 1.82) is 0 Å². The van der Waals surface area contributed by atoms with Crippen LogP contribution >= 0.6 is 0 Å². The van der Waals surface area contributed by atoms with Gasteiger partial charge in [0.2, 0.25) is 5.91 Å². The molecule has 2 aliphatic rings. The van der Waals surface area contributed by atoms with Gasteiger partial charge in [0.05, 0.1) is 0 Å². The maximum atomic E-state index is 13.9. The quantitative estimate of drug-likeness (QED) is 0.894. The first kappa shape index (κ1) is 16.1. The Morgan fingerprint density at radius 2 is 2.26 bits per heavy atom. The molecule has 0 aromatic carbocycles. The van der Waals surface area contributed by atoms with E-state index in [1.807, 2.05) is 17.0 Å². The second-order valence-electron chi connectivity index (χ2n) is 6.28. The minimum atomic E-state index is -0.907. The number of amides is 1. The average Bonchev–Trinajstić information content (AvgIpc) is 2.84. The molecule has 0 spiro atoms. The molecule has 0 bridgehead atoms. The Hall–Kier alpha value is -1.76. The Morgan fingerprint density at radius 1 is 1.35 bits per heavy atom. The van der Waals surface area contributed by atoms with Crippen molar-refractivity contribution in [2.75, 3.05) is 44.2 Å². The molecular formula is C16H24FN5O. The molecule has 1 aromatic heterocycles. The number of anilines is 1. The van der Waals surface area contributed by atoms with Crippen molar-refractivity contribution in [2.45, 2.75) is 25.4 Å². The van der Waals surface area contributed by atoms with Crippen molar-refractivity contribution in [3.05, 3.63) is 18.3 Å². The molecule has 3 rings (SSSR count). The molecule has 2 unspecified atom stereocenters. The van der Waals surface area contributed by atoms with Gasteiger partial charge >= 0.3 is 0 Å². The summed E-state index contributed by atoms with van der Waals surface area (Å²) in [5, 5.41) is 11.1. The van der Waals surface area contributed by atoms with E-state index in [0.717, 1.165) is 44.8 Å². The maximum absolute atomic E-state index is 13.9. The summed E-state index contributed by atoms with van der Waals surface area (Å²) >= 11 is 0. The van der Waals surface area contributed by atoms with Crippen molar-refractivity contribution in [3.63, 3.8) is 0 Å². The molecule has 2 fully saturated rings. The number of aromatic nitrogens is 2. The lowest BCUT2D eigenvalue weighted by Crippen LogP contribution is -2.42. The standard InChI is InChI=1S/C16H24FN5O/c17-14-12-18-6-4-13(14)11-16(23)22-8-2-7-21(9-10-22)15-3-1-5-19-20-15/h1,3,5,13-14,18H,2,4,6-12H2. The summed E-state index contributed by atoms with van der Waals surface area (Å²) in [7, 11) is 0. The van der Waals surface area contributed by atoms with Gasteiger partial charge < -0.3 is 15.1 Å². The molecule has 1 amide bonds. The molecule has 7 heteroatoms. The fraction of sp³-hybridized carbons (Fsp3) is 0.688. The summed E-state index contributed by atoms with van der Waals surface area (Å²) in [5.74, 6) is 0.799. The summed E-state index contributed by atoms with van der Waals surface area (Å²) in [6, 6.07) is 3.81. The SMILES string of the molecule is O=C(CC1CCNCC1F)N1CCCN(c2cccnn2)CC1. The van der Waals surface area contributed by atoms with Gasteiger partial charge in [0, 0.05) is 51.3 Å². The summed E-state index contributed by atoms with van der Waals surface area (Å²) in [4.78, 5) is 16.5. The molecule has 0 saturated carbocycles. The molecule has 3 heterocycles. The van der Waals surface area contributed by atoms with Crippen molar-refractivity contribution in [3.8, 4) is 0 Å². The molecule has 2 saturated heterocycles. The second kappa shape index (κ2) is 7.68. The van der Waals surface area contributed by atoms with Crippen LogP contribution in [-0.2, 0) is 4.79 Å². The van der Waals surface area contributed by atoms with E-state index in [9.17, 15) is 9.18 Å². The smallest absolute Gasteiger partial charge is 0.223 e. The molecule has 0 radical (unpaired) electrons. The van der Waals surface area contributed by atoms with Crippen molar-refractivity contribution in [1.82, 2.24) is 20.4 Å². The monoisotopic (exact) mass is 321 g/mol. The highest BCUT2D eigenvalue weighted by molar-refractivity contribution is 5.76. The van der Waals surface area contributed by atoms with Gasteiger partial charge in [-0.3, -0.25) is 4.79 Å². The van der Waals surface area contributed by atoms with E-state index in [1.54, 1.807) is 6.20 Å². The number of nitrogens with zero attached hydrogens (tertiary/aromatic N) is 4. The second-order valence-corrected chi connectivity index (χ2v) is 6.28. The molecular weight excluding hydrogens is 297 g/mol. The van der Waals surface area contributed by atoms with Crippen LogP contribution in [0.3, 0.4) is 0 Å².